The molecule has 0 saturated heterocycles. The highest BCUT2D eigenvalue weighted by molar-refractivity contribution is 5.88. The summed E-state index contributed by atoms with van der Waals surface area (Å²) in [6.07, 6.45) is 0.292. The van der Waals surface area contributed by atoms with E-state index in [4.69, 9.17) is 14.2 Å². The van der Waals surface area contributed by atoms with Crippen molar-refractivity contribution in [2.24, 2.45) is 0 Å². The minimum absolute atomic E-state index is 0.131. The molecule has 1 unspecified atom stereocenters. The van der Waals surface area contributed by atoms with Crippen LogP contribution in [0, 0.1) is 0 Å². The molecule has 38 heavy (non-hydrogen) atoms. The molecule has 0 aromatic heterocycles. The van der Waals surface area contributed by atoms with Gasteiger partial charge < -0.3 is 24.4 Å². The van der Waals surface area contributed by atoms with E-state index in [1.807, 2.05) is 43.3 Å². The Kier molecular flexibility index (Phi) is 10.3. The molecule has 3 rings (SSSR count). The van der Waals surface area contributed by atoms with Crippen molar-refractivity contribution in [3.8, 4) is 11.5 Å². The van der Waals surface area contributed by atoms with Crippen LogP contribution in [0.25, 0.3) is 0 Å². The van der Waals surface area contributed by atoms with Crippen LogP contribution in [0.4, 0.5) is 10.5 Å². The molecule has 1 N–H and O–H groups in total. The molecule has 0 spiro atoms. The van der Waals surface area contributed by atoms with E-state index in [1.54, 1.807) is 48.2 Å². The molecule has 0 heterocycles. The van der Waals surface area contributed by atoms with E-state index in [0.717, 1.165) is 11.1 Å². The molecule has 0 radical (unpaired) electrons. The maximum atomic E-state index is 12.8. The first kappa shape index (κ1) is 28.2. The zero-order valence-corrected chi connectivity index (χ0v) is 22.2. The Balaban J connectivity index is 1.90. The van der Waals surface area contributed by atoms with Crippen molar-refractivity contribution in [3.05, 3.63) is 89.5 Å². The van der Waals surface area contributed by atoms with E-state index in [1.165, 1.54) is 14.0 Å². The Morgan fingerprint density at radius 2 is 1.68 bits per heavy atom. The second-order valence-electron chi connectivity index (χ2n) is 8.87. The Bertz CT molecular complexity index is 1240. The predicted octanol–water partition coefficient (Wildman–Crippen LogP) is 5.74. The minimum Gasteiger partial charge on any atom is -0.466 e. The summed E-state index contributed by atoms with van der Waals surface area (Å²) in [7, 11) is 1.35. The second kappa shape index (κ2) is 13.8. The number of benzene rings is 3. The fraction of sp³-hybridized carbons (Fsp3) is 0.300. The summed E-state index contributed by atoms with van der Waals surface area (Å²) in [5, 5.41) is 2.78. The van der Waals surface area contributed by atoms with Crippen LogP contribution in [-0.2, 0) is 38.4 Å². The molecule has 200 valence electrons. The molecular weight excluding hydrogens is 484 g/mol. The topological polar surface area (TPSA) is 94.2 Å². The smallest absolute Gasteiger partial charge is 0.410 e. The van der Waals surface area contributed by atoms with Gasteiger partial charge in [-0.05, 0) is 61.7 Å². The van der Waals surface area contributed by atoms with Gasteiger partial charge in [0.25, 0.3) is 0 Å². The molecule has 3 aromatic carbocycles. The van der Waals surface area contributed by atoms with Crippen molar-refractivity contribution in [1.29, 1.82) is 0 Å². The van der Waals surface area contributed by atoms with Gasteiger partial charge in [0.2, 0.25) is 5.91 Å². The van der Waals surface area contributed by atoms with E-state index in [2.05, 4.69) is 5.32 Å². The van der Waals surface area contributed by atoms with Gasteiger partial charge in [-0.15, -0.1) is 0 Å². The van der Waals surface area contributed by atoms with Gasteiger partial charge in [-0.2, -0.15) is 0 Å². The summed E-state index contributed by atoms with van der Waals surface area (Å²) in [4.78, 5) is 38.1. The van der Waals surface area contributed by atoms with Crippen LogP contribution >= 0.6 is 0 Å². The third-order valence-electron chi connectivity index (χ3n) is 5.82. The first-order chi connectivity index (χ1) is 18.3. The highest BCUT2D eigenvalue weighted by Gasteiger charge is 2.23. The van der Waals surface area contributed by atoms with Crippen molar-refractivity contribution in [3.63, 3.8) is 0 Å². The fourth-order valence-electron chi connectivity index (χ4n) is 4.07. The predicted molar refractivity (Wildman–Crippen MR) is 145 cm³/mol. The van der Waals surface area contributed by atoms with Crippen LogP contribution in [0.5, 0.6) is 11.5 Å². The lowest BCUT2D eigenvalue weighted by molar-refractivity contribution is -0.142. The minimum atomic E-state index is -0.472. The number of carbonyl (C=O) groups is 3. The first-order valence-corrected chi connectivity index (χ1v) is 12.5. The molecule has 8 nitrogen and oxygen atoms in total. The highest BCUT2D eigenvalue weighted by Crippen LogP contribution is 2.31. The number of hydrogen-bond acceptors (Lipinski definition) is 6. The average molecular weight is 519 g/mol. The Morgan fingerprint density at radius 1 is 0.947 bits per heavy atom. The van der Waals surface area contributed by atoms with Gasteiger partial charge in [0.1, 0.15) is 11.5 Å². The summed E-state index contributed by atoms with van der Waals surface area (Å²) in [5.74, 6) is 0.514. The third kappa shape index (κ3) is 8.37. The Labute approximate surface area is 223 Å². The zero-order chi connectivity index (χ0) is 27.5. The molecule has 2 amide bonds. The summed E-state index contributed by atoms with van der Waals surface area (Å²) in [6.45, 7) is 5.66. The molecule has 0 bridgehead atoms. The number of hydrogen-bond donors (Lipinski definition) is 1. The van der Waals surface area contributed by atoms with Crippen LogP contribution in [0.3, 0.4) is 0 Å². The lowest BCUT2D eigenvalue weighted by Gasteiger charge is -2.29. The maximum absolute atomic E-state index is 12.8. The number of carbonyl (C=O) groups excluding carboxylic acids is 3. The summed E-state index contributed by atoms with van der Waals surface area (Å²) < 4.78 is 16.4. The van der Waals surface area contributed by atoms with Gasteiger partial charge in [-0.1, -0.05) is 42.5 Å². The molecule has 8 heteroatoms. The summed E-state index contributed by atoms with van der Waals surface area (Å²) in [6, 6.07) is 22.2. The van der Waals surface area contributed by atoms with E-state index < -0.39 is 6.09 Å². The van der Waals surface area contributed by atoms with Crippen molar-refractivity contribution < 1.29 is 28.6 Å². The van der Waals surface area contributed by atoms with E-state index in [0.29, 0.717) is 35.8 Å². The fourth-order valence-corrected chi connectivity index (χ4v) is 4.07. The van der Waals surface area contributed by atoms with Crippen molar-refractivity contribution >= 4 is 23.7 Å². The van der Waals surface area contributed by atoms with Crippen LogP contribution in [0.15, 0.2) is 72.8 Å². The Hall–Kier alpha value is -4.33. The standard InChI is InChI=1S/C30H34N2O6/c1-5-37-29(34)18-24-12-9-13-27(17-24)38-28-15-14-26(31-22(3)33)19-25(28)20-32(30(35)36-4)21(2)16-23-10-7-6-8-11-23/h6-15,17,19,21H,5,16,18,20H2,1-4H3,(H,31,33). The number of nitrogens with one attached hydrogen (secondary N) is 1. The second-order valence-corrected chi connectivity index (χ2v) is 8.87. The van der Waals surface area contributed by atoms with Crippen LogP contribution in [0.2, 0.25) is 0 Å². The van der Waals surface area contributed by atoms with Gasteiger partial charge in [0, 0.05) is 24.2 Å². The number of nitrogens with zero attached hydrogens (tertiary/aromatic N) is 1. The quantitative estimate of drug-likeness (QED) is 0.325. The number of rotatable bonds is 11. The monoisotopic (exact) mass is 518 g/mol. The molecule has 0 fully saturated rings. The van der Waals surface area contributed by atoms with Gasteiger partial charge in [-0.3, -0.25) is 9.59 Å². The van der Waals surface area contributed by atoms with Crippen molar-refractivity contribution in [2.45, 2.75) is 46.2 Å². The van der Waals surface area contributed by atoms with Gasteiger partial charge >= 0.3 is 12.1 Å². The third-order valence-corrected chi connectivity index (χ3v) is 5.82. The SMILES string of the molecule is CCOC(=O)Cc1cccc(Oc2ccc(NC(C)=O)cc2CN(C(=O)OC)C(C)Cc2ccccc2)c1. The molecule has 0 aliphatic rings. The van der Waals surface area contributed by atoms with Crippen LogP contribution in [-0.4, -0.2) is 42.6 Å². The number of esters is 1. The number of anilines is 1. The number of methoxy groups -OCH3 is 1. The largest absolute Gasteiger partial charge is 0.466 e. The molecule has 0 aliphatic carbocycles. The normalized spacial score (nSPS) is 11.3. The maximum Gasteiger partial charge on any atom is 0.410 e. The van der Waals surface area contributed by atoms with Crippen molar-refractivity contribution in [2.75, 3.05) is 19.0 Å². The zero-order valence-electron chi connectivity index (χ0n) is 22.2. The molecular formula is C30H34N2O6. The first-order valence-electron chi connectivity index (χ1n) is 12.5. The molecule has 1 atom stereocenters. The number of ether oxygens (including phenoxy) is 3. The summed E-state index contributed by atoms with van der Waals surface area (Å²) in [5.41, 5.74) is 3.11. The number of amides is 2. The van der Waals surface area contributed by atoms with E-state index in [-0.39, 0.29) is 30.9 Å². The lowest BCUT2D eigenvalue weighted by Crippen LogP contribution is -2.39. The molecule has 0 aliphatic heterocycles. The highest BCUT2D eigenvalue weighted by atomic mass is 16.5. The van der Waals surface area contributed by atoms with Gasteiger partial charge in [-0.25, -0.2) is 4.79 Å². The lowest BCUT2D eigenvalue weighted by atomic mass is 10.0. The van der Waals surface area contributed by atoms with Gasteiger partial charge in [0.05, 0.1) is 26.7 Å². The van der Waals surface area contributed by atoms with E-state index in [9.17, 15) is 14.4 Å². The van der Waals surface area contributed by atoms with E-state index >= 15 is 0 Å². The average Bonchev–Trinajstić information content (AvgIpc) is 2.88. The van der Waals surface area contributed by atoms with Crippen molar-refractivity contribution in [1.82, 2.24) is 4.90 Å². The van der Waals surface area contributed by atoms with Gasteiger partial charge in [0.15, 0.2) is 0 Å². The van der Waals surface area contributed by atoms with Crippen LogP contribution < -0.4 is 10.1 Å². The molecule has 3 aromatic rings. The summed E-state index contributed by atoms with van der Waals surface area (Å²) >= 11 is 0. The Morgan fingerprint density at radius 3 is 2.37 bits per heavy atom. The molecule has 0 saturated carbocycles. The van der Waals surface area contributed by atoms with Crippen LogP contribution in [0.1, 0.15) is 37.5 Å².